The van der Waals surface area contributed by atoms with Gasteiger partial charge in [-0.1, -0.05) is 68.7 Å². The first-order valence-corrected chi connectivity index (χ1v) is 12.3. The number of aliphatic carboxylic acids is 1. The largest absolute Gasteiger partial charge is 0.481 e. The van der Waals surface area contributed by atoms with Crippen molar-refractivity contribution in [2.75, 3.05) is 0 Å². The first kappa shape index (κ1) is 23.5. The number of nitrogens with zero attached hydrogens (tertiary/aromatic N) is 1. The van der Waals surface area contributed by atoms with Gasteiger partial charge in [-0.05, 0) is 85.1 Å². The van der Waals surface area contributed by atoms with Crippen molar-refractivity contribution in [3.05, 3.63) is 70.3 Å². The molecule has 0 aliphatic heterocycles. The highest BCUT2D eigenvalue weighted by atomic mass is 16.6. The lowest BCUT2D eigenvalue weighted by molar-refractivity contribution is -0.157. The van der Waals surface area contributed by atoms with Gasteiger partial charge in [0.2, 0.25) is 0 Å². The maximum Gasteiger partial charge on any atom is 0.309 e. The molecule has 2 aromatic carbocycles. The second-order valence-electron chi connectivity index (χ2n) is 10.8. The predicted octanol–water partition coefficient (Wildman–Crippen LogP) is 6.85. The second kappa shape index (κ2) is 8.96. The van der Waals surface area contributed by atoms with E-state index in [4.69, 9.17) is 4.84 Å². The third kappa shape index (κ3) is 4.20. The van der Waals surface area contributed by atoms with Gasteiger partial charge >= 0.3 is 5.97 Å². The zero-order valence-electron chi connectivity index (χ0n) is 20.6. The molecule has 0 amide bonds. The van der Waals surface area contributed by atoms with E-state index in [0.717, 1.165) is 48.9 Å². The number of hydrogen-bond acceptors (Lipinski definition) is 3. The van der Waals surface area contributed by atoms with Crippen molar-refractivity contribution in [3.8, 4) is 0 Å². The van der Waals surface area contributed by atoms with Gasteiger partial charge in [-0.3, -0.25) is 4.79 Å². The van der Waals surface area contributed by atoms with Crippen LogP contribution in [0.4, 0.5) is 0 Å². The molecule has 0 bridgehead atoms. The molecular formula is C29H37NO3. The van der Waals surface area contributed by atoms with Crippen molar-refractivity contribution < 1.29 is 14.7 Å². The van der Waals surface area contributed by atoms with Crippen LogP contribution in [0, 0.1) is 11.3 Å². The number of aryl methyl sites for hydroxylation is 1. The molecule has 1 N–H and O–H groups in total. The molecule has 176 valence electrons. The van der Waals surface area contributed by atoms with E-state index in [1.807, 2.05) is 44.2 Å². The molecule has 2 aliphatic rings. The average molecular weight is 448 g/mol. The third-order valence-corrected chi connectivity index (χ3v) is 8.30. The highest BCUT2D eigenvalue weighted by Crippen LogP contribution is 2.57. The van der Waals surface area contributed by atoms with E-state index >= 15 is 0 Å². The Hall–Kier alpha value is -2.62. The van der Waals surface area contributed by atoms with Gasteiger partial charge in [0.1, 0.15) is 6.61 Å². The SMILES string of the molecule is C/C(=N\OCc1ccccc1)c1cc2c(cc1C(C)C)CCC1C(C)(C(=O)O)CCC[C@]21C. The average Bonchev–Trinajstić information content (AvgIpc) is 2.78. The van der Waals surface area contributed by atoms with Crippen LogP contribution in [-0.4, -0.2) is 16.8 Å². The van der Waals surface area contributed by atoms with Gasteiger partial charge in [-0.25, -0.2) is 0 Å². The Kier molecular flexibility index (Phi) is 6.39. The zero-order valence-corrected chi connectivity index (χ0v) is 20.6. The molecule has 0 aromatic heterocycles. The minimum absolute atomic E-state index is 0.131. The van der Waals surface area contributed by atoms with Gasteiger partial charge in [-0.15, -0.1) is 0 Å². The maximum atomic E-state index is 12.3. The Labute approximate surface area is 198 Å². The summed E-state index contributed by atoms with van der Waals surface area (Å²) in [6.07, 6.45) is 4.64. The molecule has 0 spiro atoms. The number of oxime groups is 1. The van der Waals surface area contributed by atoms with Gasteiger partial charge in [0, 0.05) is 5.56 Å². The number of rotatable bonds is 6. The Morgan fingerprint density at radius 1 is 1.18 bits per heavy atom. The summed E-state index contributed by atoms with van der Waals surface area (Å²) in [5.74, 6) is -0.133. The molecule has 0 heterocycles. The van der Waals surface area contributed by atoms with Crippen LogP contribution < -0.4 is 0 Å². The summed E-state index contributed by atoms with van der Waals surface area (Å²) in [6, 6.07) is 14.7. The number of carbonyl (C=O) groups is 1. The number of benzene rings is 2. The van der Waals surface area contributed by atoms with Crippen LogP contribution in [0.2, 0.25) is 0 Å². The molecule has 4 nitrogen and oxygen atoms in total. The van der Waals surface area contributed by atoms with Gasteiger partial charge in [0.15, 0.2) is 0 Å². The quantitative estimate of drug-likeness (QED) is 0.389. The Morgan fingerprint density at radius 3 is 2.58 bits per heavy atom. The lowest BCUT2D eigenvalue weighted by Gasteiger charge is -2.53. The van der Waals surface area contributed by atoms with E-state index in [1.54, 1.807) is 0 Å². The van der Waals surface area contributed by atoms with Crippen molar-refractivity contribution in [2.45, 2.75) is 84.7 Å². The van der Waals surface area contributed by atoms with Crippen LogP contribution in [0.5, 0.6) is 0 Å². The fraction of sp³-hybridized carbons (Fsp3) is 0.517. The molecule has 1 saturated carbocycles. The number of fused-ring (bicyclic) bond motifs is 3. The minimum atomic E-state index is -0.663. The van der Waals surface area contributed by atoms with E-state index in [9.17, 15) is 9.90 Å². The van der Waals surface area contributed by atoms with Crippen LogP contribution in [0.1, 0.15) is 94.0 Å². The summed E-state index contributed by atoms with van der Waals surface area (Å²) >= 11 is 0. The molecule has 2 aliphatic carbocycles. The Balaban J connectivity index is 1.72. The second-order valence-corrected chi connectivity index (χ2v) is 10.8. The highest BCUT2D eigenvalue weighted by molar-refractivity contribution is 6.00. The molecule has 0 saturated heterocycles. The summed E-state index contributed by atoms with van der Waals surface area (Å²) in [7, 11) is 0. The smallest absolute Gasteiger partial charge is 0.309 e. The van der Waals surface area contributed by atoms with Crippen LogP contribution in [-0.2, 0) is 28.1 Å². The summed E-state index contributed by atoms with van der Waals surface area (Å²) in [5, 5.41) is 14.6. The molecule has 33 heavy (non-hydrogen) atoms. The molecule has 2 aromatic rings. The van der Waals surface area contributed by atoms with E-state index in [2.05, 4.69) is 38.1 Å². The molecule has 4 rings (SSSR count). The number of carboxylic acid groups (broad SMARTS) is 1. The van der Waals surface area contributed by atoms with Gasteiger partial charge in [-0.2, -0.15) is 0 Å². The van der Waals surface area contributed by atoms with Gasteiger partial charge in [0.25, 0.3) is 0 Å². The zero-order chi connectivity index (χ0) is 23.8. The van der Waals surface area contributed by atoms with Gasteiger partial charge < -0.3 is 9.94 Å². The van der Waals surface area contributed by atoms with Crippen LogP contribution in [0.3, 0.4) is 0 Å². The number of carboxylic acids is 1. The van der Waals surface area contributed by atoms with E-state index in [0.29, 0.717) is 12.5 Å². The monoisotopic (exact) mass is 447 g/mol. The summed E-state index contributed by atoms with van der Waals surface area (Å²) in [4.78, 5) is 18.0. The Morgan fingerprint density at radius 2 is 1.91 bits per heavy atom. The summed E-state index contributed by atoms with van der Waals surface area (Å²) in [6.45, 7) is 11.2. The lowest BCUT2D eigenvalue weighted by atomic mass is 9.49. The maximum absolute atomic E-state index is 12.3. The first-order valence-electron chi connectivity index (χ1n) is 12.3. The van der Waals surface area contributed by atoms with Crippen LogP contribution in [0.25, 0.3) is 0 Å². The minimum Gasteiger partial charge on any atom is -0.481 e. The van der Waals surface area contributed by atoms with E-state index in [-0.39, 0.29) is 11.3 Å². The van der Waals surface area contributed by atoms with E-state index < -0.39 is 11.4 Å². The lowest BCUT2D eigenvalue weighted by Crippen LogP contribution is -2.52. The Bertz CT molecular complexity index is 1060. The summed E-state index contributed by atoms with van der Waals surface area (Å²) in [5.41, 5.74) is 6.29. The van der Waals surface area contributed by atoms with Crippen LogP contribution >= 0.6 is 0 Å². The topological polar surface area (TPSA) is 58.9 Å². The summed E-state index contributed by atoms with van der Waals surface area (Å²) < 4.78 is 0. The fourth-order valence-corrected chi connectivity index (χ4v) is 6.41. The van der Waals surface area contributed by atoms with Crippen molar-refractivity contribution >= 4 is 11.7 Å². The molecule has 2 unspecified atom stereocenters. The molecular weight excluding hydrogens is 410 g/mol. The first-order chi connectivity index (χ1) is 15.7. The van der Waals surface area contributed by atoms with Crippen molar-refractivity contribution in [3.63, 3.8) is 0 Å². The van der Waals surface area contributed by atoms with Gasteiger partial charge in [0.05, 0.1) is 11.1 Å². The van der Waals surface area contributed by atoms with Crippen LogP contribution in [0.15, 0.2) is 47.6 Å². The molecule has 1 fully saturated rings. The van der Waals surface area contributed by atoms with Crippen molar-refractivity contribution in [1.29, 1.82) is 0 Å². The van der Waals surface area contributed by atoms with Crippen molar-refractivity contribution in [2.24, 2.45) is 16.5 Å². The normalized spacial score (nSPS) is 27.1. The highest BCUT2D eigenvalue weighted by Gasteiger charge is 2.55. The molecule has 3 atom stereocenters. The standard InChI is InChI=1S/C29H37NO3/c1-19(2)23-16-22-12-13-26-28(4,14-9-15-29(26,5)27(31)32)25(22)17-24(23)20(3)30-33-18-21-10-7-6-8-11-21/h6-8,10-11,16-17,19,26H,9,12-15,18H2,1-5H3,(H,31,32)/b30-20+/t26?,28-,29?/m1/s1. The third-order valence-electron chi connectivity index (χ3n) is 8.30. The molecule has 0 radical (unpaired) electrons. The molecule has 4 heteroatoms. The van der Waals surface area contributed by atoms with E-state index in [1.165, 1.54) is 16.7 Å². The van der Waals surface area contributed by atoms with Crippen molar-refractivity contribution in [1.82, 2.24) is 0 Å². The fourth-order valence-electron chi connectivity index (χ4n) is 6.41. The number of hydrogen-bond donors (Lipinski definition) is 1. The predicted molar refractivity (Wildman–Crippen MR) is 133 cm³/mol.